The van der Waals surface area contributed by atoms with Crippen LogP contribution in [0.1, 0.15) is 194 Å². The lowest BCUT2D eigenvalue weighted by molar-refractivity contribution is -0.261. The normalized spacial score (nSPS) is 20.1. The smallest absolute Gasteiger partial charge is 0.323 e. The number of piperidine rings is 2. The van der Waals surface area contributed by atoms with Crippen LogP contribution in [0.15, 0.2) is 24.3 Å². The van der Waals surface area contributed by atoms with Crippen molar-refractivity contribution in [2.24, 2.45) is 10.8 Å². The van der Waals surface area contributed by atoms with Crippen molar-refractivity contribution < 1.29 is 39.0 Å². The largest absolute Gasteiger partial charge is 0.465 e. The maximum atomic E-state index is 13.9. The van der Waals surface area contributed by atoms with Crippen LogP contribution in [0.4, 0.5) is 0 Å². The average molecular weight is 811 g/mol. The summed E-state index contributed by atoms with van der Waals surface area (Å²) in [6, 6.07) is 0. The first-order valence-electron chi connectivity index (χ1n) is 22.0. The predicted molar refractivity (Wildman–Crippen MR) is 234 cm³/mol. The van der Waals surface area contributed by atoms with Crippen molar-refractivity contribution in [3.8, 4) is 0 Å². The number of ether oxygens (including phenoxy) is 4. The summed E-state index contributed by atoms with van der Waals surface area (Å²) in [5.74, 6) is -1.06. The lowest BCUT2D eigenvalue weighted by Gasteiger charge is -2.51. The Morgan fingerprint density at radius 1 is 0.667 bits per heavy atom. The highest BCUT2D eigenvalue weighted by Crippen LogP contribution is 2.40. The summed E-state index contributed by atoms with van der Waals surface area (Å²) in [6.45, 7) is 38.0. The number of carbonyl (C=O) groups excluding carboxylic acids is 2. The number of carbonyl (C=O) groups is 2. The van der Waals surface area contributed by atoms with Gasteiger partial charge in [0.25, 0.3) is 0 Å². The molecule has 0 aliphatic carbocycles. The van der Waals surface area contributed by atoms with Crippen LogP contribution >= 0.6 is 0 Å². The molecule has 0 spiro atoms. The number of hydrogen-bond donors (Lipinski definition) is 2. The van der Waals surface area contributed by atoms with Crippen molar-refractivity contribution >= 4 is 11.9 Å². The standard InChI is InChI=1S/C39H70N2O8.C5H12.C3H8/c1-12-15-20-39(21-16-19-30(13-2)14-3,33(42)48-24-17-22-46-31-26-35(4,5)40(44)36(6,7)27-31)34(43)49-25-18-23-47-32-28-37(8,9)41(45)38(10,11)29-32;1-5(2,3)4;1-3-2/h13-14,31-32,44-45H,2,12,15-29H2,1,3-11H3;1-4H3;3H2,1-2H3/b30-14+;;. The molecule has 0 amide bonds. The van der Waals surface area contributed by atoms with Crippen molar-refractivity contribution in [2.75, 3.05) is 26.4 Å². The van der Waals surface area contributed by atoms with Crippen LogP contribution in [-0.4, -0.2) is 93.3 Å². The van der Waals surface area contributed by atoms with Gasteiger partial charge in [0, 0.05) is 35.0 Å². The number of hydroxylamine groups is 4. The van der Waals surface area contributed by atoms with E-state index < -0.39 is 39.5 Å². The van der Waals surface area contributed by atoms with Crippen LogP contribution in [0.25, 0.3) is 0 Å². The highest BCUT2D eigenvalue weighted by molar-refractivity contribution is 6.00. The molecule has 2 saturated heterocycles. The third kappa shape index (κ3) is 19.9. The van der Waals surface area contributed by atoms with E-state index >= 15 is 0 Å². The lowest BCUT2D eigenvalue weighted by atomic mass is 9.77. The monoisotopic (exact) mass is 811 g/mol. The molecule has 0 saturated carbocycles. The van der Waals surface area contributed by atoms with E-state index in [1.54, 1.807) is 0 Å². The van der Waals surface area contributed by atoms with Crippen molar-refractivity contribution in [1.29, 1.82) is 0 Å². The molecule has 2 heterocycles. The molecule has 0 aromatic carbocycles. The second-order valence-electron chi connectivity index (χ2n) is 20.5. The van der Waals surface area contributed by atoms with E-state index in [4.69, 9.17) is 18.9 Å². The molecule has 2 N–H and O–H groups in total. The molecule has 0 atom stereocenters. The quantitative estimate of drug-likeness (QED) is 0.0532. The molecular weight excluding hydrogens is 721 g/mol. The van der Waals surface area contributed by atoms with Gasteiger partial charge in [-0.15, -0.1) is 0 Å². The van der Waals surface area contributed by atoms with Gasteiger partial charge < -0.3 is 29.4 Å². The number of esters is 2. The third-order valence-corrected chi connectivity index (χ3v) is 10.4. The van der Waals surface area contributed by atoms with Crippen molar-refractivity contribution in [3.05, 3.63) is 24.3 Å². The summed E-state index contributed by atoms with van der Waals surface area (Å²) in [5, 5.41) is 24.0. The Kier molecular flexibility index (Phi) is 24.3. The van der Waals surface area contributed by atoms with Crippen LogP contribution < -0.4 is 0 Å². The summed E-state index contributed by atoms with van der Waals surface area (Å²) in [7, 11) is 0. The molecule has 10 nitrogen and oxygen atoms in total. The highest BCUT2D eigenvalue weighted by Gasteiger charge is 2.49. The molecular formula is C47H90N2O8. The Balaban J connectivity index is 0.00000356. The first-order valence-corrected chi connectivity index (χ1v) is 22.0. The molecule has 0 aromatic rings. The zero-order valence-corrected chi connectivity index (χ0v) is 39.8. The SMILES string of the molecule is C=C/C(=C\C)CCCC(CCCC)(C(=O)OCCCOC1CC(C)(C)N(O)C(C)(C)C1)C(=O)OCCCOC1CC(C)(C)N(O)C(C)(C)C1.CC(C)(C)C.CCC. The minimum absolute atomic E-state index is 0.0159. The topological polar surface area (TPSA) is 118 Å². The second-order valence-corrected chi connectivity index (χ2v) is 20.5. The molecule has 2 aliphatic heterocycles. The second kappa shape index (κ2) is 25.1. The van der Waals surface area contributed by atoms with Crippen LogP contribution in [-0.2, 0) is 28.5 Å². The molecule has 0 aromatic heterocycles. The number of unbranched alkanes of at least 4 members (excludes halogenated alkanes) is 1. The highest BCUT2D eigenvalue weighted by atomic mass is 16.6. The minimum atomic E-state index is -1.39. The summed E-state index contributed by atoms with van der Waals surface area (Å²) in [4.78, 5) is 27.7. The number of hydrogen-bond acceptors (Lipinski definition) is 10. The van der Waals surface area contributed by atoms with E-state index in [1.807, 2.05) is 81.4 Å². The summed E-state index contributed by atoms with van der Waals surface area (Å²) in [6.07, 6.45) is 12.4. The predicted octanol–water partition coefficient (Wildman–Crippen LogP) is 11.7. The molecule has 2 rings (SSSR count). The molecule has 10 heteroatoms. The van der Waals surface area contributed by atoms with Gasteiger partial charge in [0.15, 0.2) is 5.41 Å². The molecule has 0 unspecified atom stereocenters. The Morgan fingerprint density at radius 3 is 1.30 bits per heavy atom. The van der Waals surface area contributed by atoms with E-state index in [1.165, 1.54) is 16.5 Å². The number of rotatable bonds is 20. The Labute approximate surface area is 350 Å². The molecule has 336 valence electrons. The Morgan fingerprint density at radius 2 is 1.00 bits per heavy atom. The van der Waals surface area contributed by atoms with Gasteiger partial charge in [-0.25, -0.2) is 0 Å². The molecule has 2 aliphatic rings. The minimum Gasteiger partial charge on any atom is -0.465 e. The molecule has 2 fully saturated rings. The molecule has 0 radical (unpaired) electrons. The fraction of sp³-hybridized carbons (Fsp3) is 0.872. The first kappa shape index (κ1) is 55.2. The van der Waals surface area contributed by atoms with Gasteiger partial charge in [0.2, 0.25) is 0 Å². The third-order valence-electron chi connectivity index (χ3n) is 10.4. The van der Waals surface area contributed by atoms with E-state index in [-0.39, 0.29) is 25.4 Å². The molecule has 57 heavy (non-hydrogen) atoms. The zero-order valence-electron chi connectivity index (χ0n) is 39.8. The van der Waals surface area contributed by atoms with Gasteiger partial charge >= 0.3 is 11.9 Å². The Hall–Kier alpha value is -1.82. The van der Waals surface area contributed by atoms with Crippen molar-refractivity contribution in [3.63, 3.8) is 0 Å². The van der Waals surface area contributed by atoms with E-state index in [2.05, 4.69) is 48.1 Å². The van der Waals surface area contributed by atoms with Crippen LogP contribution in [0.5, 0.6) is 0 Å². The van der Waals surface area contributed by atoms with Crippen molar-refractivity contribution in [2.45, 2.75) is 229 Å². The summed E-state index contributed by atoms with van der Waals surface area (Å²) < 4.78 is 24.0. The zero-order chi connectivity index (χ0) is 44.3. The van der Waals surface area contributed by atoms with Crippen LogP contribution in [0.3, 0.4) is 0 Å². The lowest BCUT2D eigenvalue weighted by Crippen LogP contribution is -2.60. The van der Waals surface area contributed by atoms with Gasteiger partial charge in [0.05, 0.1) is 38.6 Å². The van der Waals surface area contributed by atoms with E-state index in [0.717, 1.165) is 12.0 Å². The van der Waals surface area contributed by atoms with Gasteiger partial charge in [-0.2, -0.15) is 10.1 Å². The first-order chi connectivity index (χ1) is 26.2. The Bertz CT molecular complexity index is 1100. The van der Waals surface area contributed by atoms with Crippen LogP contribution in [0.2, 0.25) is 0 Å². The van der Waals surface area contributed by atoms with E-state index in [0.29, 0.717) is 89.3 Å². The maximum Gasteiger partial charge on any atom is 0.323 e. The van der Waals surface area contributed by atoms with Gasteiger partial charge in [0.1, 0.15) is 0 Å². The van der Waals surface area contributed by atoms with Gasteiger partial charge in [-0.1, -0.05) is 92.0 Å². The summed E-state index contributed by atoms with van der Waals surface area (Å²) in [5.41, 5.74) is -1.45. The van der Waals surface area contributed by atoms with Crippen molar-refractivity contribution in [1.82, 2.24) is 10.1 Å². The fourth-order valence-corrected chi connectivity index (χ4v) is 7.87. The van der Waals surface area contributed by atoms with Gasteiger partial charge in [-0.05, 0) is 119 Å². The fourth-order valence-electron chi connectivity index (χ4n) is 7.87. The maximum absolute atomic E-state index is 13.9. The molecule has 0 bridgehead atoms. The number of nitrogens with zero attached hydrogens (tertiary/aromatic N) is 2. The van der Waals surface area contributed by atoms with Crippen LogP contribution in [0, 0.1) is 10.8 Å². The van der Waals surface area contributed by atoms with Gasteiger partial charge in [-0.3, -0.25) is 9.59 Å². The van der Waals surface area contributed by atoms with E-state index in [9.17, 15) is 20.0 Å². The average Bonchev–Trinajstić information content (AvgIpc) is 3.08. The number of allylic oxidation sites excluding steroid dienone is 3. The summed E-state index contributed by atoms with van der Waals surface area (Å²) >= 11 is 0.